The highest BCUT2D eigenvalue weighted by Gasteiger charge is 2.84. The van der Waals surface area contributed by atoms with E-state index in [1.165, 1.54) is 37.7 Å². The van der Waals surface area contributed by atoms with E-state index >= 15 is 0 Å². The van der Waals surface area contributed by atoms with Crippen molar-refractivity contribution in [2.24, 2.45) is 33.7 Å². The molecular weight excluding hydrogens is 370 g/mol. The predicted octanol–water partition coefficient (Wildman–Crippen LogP) is 5.17. The Morgan fingerprint density at radius 1 is 1.20 bits per heavy atom. The van der Waals surface area contributed by atoms with E-state index in [2.05, 4.69) is 61.4 Å². The summed E-state index contributed by atoms with van der Waals surface area (Å²) in [6.07, 6.45) is 8.28. The second kappa shape index (κ2) is 7.39. The summed E-state index contributed by atoms with van der Waals surface area (Å²) < 4.78 is 0. The average molecular weight is 408 g/mol. The van der Waals surface area contributed by atoms with Gasteiger partial charge < -0.3 is 5.32 Å². The van der Waals surface area contributed by atoms with Crippen molar-refractivity contribution in [3.63, 3.8) is 0 Å². The number of hydrogen-bond donors (Lipinski definition) is 1. The fourth-order valence-electron chi connectivity index (χ4n) is 7.19. The highest BCUT2D eigenvalue weighted by molar-refractivity contribution is 6.39. The van der Waals surface area contributed by atoms with E-state index in [1.807, 2.05) is 0 Å². The van der Waals surface area contributed by atoms with E-state index in [-0.39, 0.29) is 11.9 Å². The molecule has 1 spiro atoms. The number of rotatable bonds is 8. The van der Waals surface area contributed by atoms with Crippen LogP contribution in [0.3, 0.4) is 0 Å². The van der Waals surface area contributed by atoms with Crippen molar-refractivity contribution in [1.29, 1.82) is 0 Å². The number of unbranched alkanes of at least 4 members (excludes halogenated alkanes) is 2. The first-order valence-electron chi connectivity index (χ1n) is 12.2. The number of nitrogens with one attached hydrogen (secondary N) is 1. The van der Waals surface area contributed by atoms with Gasteiger partial charge in [-0.2, -0.15) is 5.10 Å². The molecule has 0 saturated heterocycles. The lowest BCUT2D eigenvalue weighted by Gasteiger charge is -2.23. The van der Waals surface area contributed by atoms with Crippen LogP contribution in [0.15, 0.2) is 35.4 Å². The number of hydrogen-bond acceptors (Lipinski definition) is 3. The van der Waals surface area contributed by atoms with E-state index in [9.17, 15) is 4.79 Å². The fourth-order valence-corrected chi connectivity index (χ4v) is 7.19. The van der Waals surface area contributed by atoms with Gasteiger partial charge in [0.25, 0.3) is 5.91 Å². The fraction of sp³-hybridized carbons (Fsp3) is 0.692. The summed E-state index contributed by atoms with van der Waals surface area (Å²) in [5.41, 5.74) is 3.16. The third kappa shape index (κ3) is 3.09. The van der Waals surface area contributed by atoms with Crippen molar-refractivity contribution in [3.8, 4) is 0 Å². The summed E-state index contributed by atoms with van der Waals surface area (Å²) in [6, 6.07) is 10.7. The number of carbonyl (C=O) groups is 1. The molecule has 4 heteroatoms. The number of carbonyl (C=O) groups excluding carboxylic acids is 1. The monoisotopic (exact) mass is 407 g/mol. The molecule has 1 amide bonds. The van der Waals surface area contributed by atoms with E-state index in [0.717, 1.165) is 37.8 Å². The van der Waals surface area contributed by atoms with Crippen LogP contribution in [0, 0.1) is 28.6 Å². The summed E-state index contributed by atoms with van der Waals surface area (Å²) in [5, 5.41) is 10.2. The van der Waals surface area contributed by atoms with Crippen LogP contribution in [0.5, 0.6) is 0 Å². The first-order chi connectivity index (χ1) is 14.5. The molecule has 1 N–H and O–H groups in total. The predicted molar refractivity (Wildman–Crippen MR) is 121 cm³/mol. The zero-order chi connectivity index (χ0) is 20.9. The molecule has 162 valence electrons. The van der Waals surface area contributed by atoms with E-state index in [4.69, 9.17) is 5.10 Å². The molecule has 3 fully saturated rings. The van der Waals surface area contributed by atoms with Crippen LogP contribution in [-0.2, 0) is 4.79 Å². The van der Waals surface area contributed by atoms with Gasteiger partial charge in [0.1, 0.15) is 5.71 Å². The van der Waals surface area contributed by atoms with E-state index < -0.39 is 0 Å². The Kier molecular flexibility index (Phi) is 4.95. The standard InChI is InChI=1S/C26H37N3O/c1-4-5-9-14-29-22(18-10-7-6-8-11-18)15-21(28-29)24(30)27-17-19-12-13-23-25(2,3)26(23)16-20(19)26/h6-8,10-11,19-20,22-23H,4-5,9,12-17H2,1-3H3,(H,27,30)/t19-,20?,22?,23?,26?/m0/s1. The maximum atomic E-state index is 13.0. The molecule has 0 radical (unpaired) electrons. The summed E-state index contributed by atoms with van der Waals surface area (Å²) in [6.45, 7) is 8.90. The first kappa shape index (κ1) is 20.1. The summed E-state index contributed by atoms with van der Waals surface area (Å²) in [7, 11) is 0. The molecule has 0 aromatic heterocycles. The van der Waals surface area contributed by atoms with Crippen molar-refractivity contribution in [2.45, 2.75) is 71.8 Å². The maximum Gasteiger partial charge on any atom is 0.267 e. The highest BCUT2D eigenvalue weighted by atomic mass is 16.2. The highest BCUT2D eigenvalue weighted by Crippen LogP contribution is 2.89. The Labute approximate surface area is 181 Å². The Morgan fingerprint density at radius 3 is 2.77 bits per heavy atom. The molecule has 1 heterocycles. The van der Waals surface area contributed by atoms with Gasteiger partial charge in [-0.15, -0.1) is 0 Å². The van der Waals surface area contributed by atoms with Crippen LogP contribution in [0.4, 0.5) is 0 Å². The molecule has 5 atom stereocenters. The van der Waals surface area contributed by atoms with Crippen LogP contribution in [-0.4, -0.2) is 29.7 Å². The summed E-state index contributed by atoms with van der Waals surface area (Å²) in [5.74, 6) is 2.52. The molecule has 3 saturated carbocycles. The molecule has 1 aliphatic heterocycles. The summed E-state index contributed by atoms with van der Waals surface area (Å²) >= 11 is 0. The molecule has 4 nitrogen and oxygen atoms in total. The molecule has 1 aromatic rings. The van der Waals surface area contributed by atoms with Gasteiger partial charge in [-0.05, 0) is 59.8 Å². The average Bonchev–Trinajstić information content (AvgIpc) is 3.54. The third-order valence-electron chi connectivity index (χ3n) is 9.02. The minimum absolute atomic E-state index is 0.0563. The molecule has 5 rings (SSSR count). The zero-order valence-electron chi connectivity index (χ0n) is 18.9. The van der Waals surface area contributed by atoms with Crippen LogP contribution >= 0.6 is 0 Å². The molecule has 4 aliphatic rings. The van der Waals surface area contributed by atoms with Gasteiger partial charge in [0.15, 0.2) is 0 Å². The first-order valence-corrected chi connectivity index (χ1v) is 12.2. The van der Waals surface area contributed by atoms with Gasteiger partial charge in [-0.3, -0.25) is 9.80 Å². The van der Waals surface area contributed by atoms with Crippen molar-refractivity contribution in [2.75, 3.05) is 13.1 Å². The third-order valence-corrected chi connectivity index (χ3v) is 9.02. The number of benzene rings is 1. The normalized spacial score (nSPS) is 35.3. The van der Waals surface area contributed by atoms with E-state index in [0.29, 0.717) is 22.5 Å². The quantitative estimate of drug-likeness (QED) is 0.604. The minimum Gasteiger partial charge on any atom is -0.351 e. The Morgan fingerprint density at radius 2 is 2.00 bits per heavy atom. The smallest absolute Gasteiger partial charge is 0.267 e. The second-order valence-corrected chi connectivity index (χ2v) is 10.7. The zero-order valence-corrected chi connectivity index (χ0v) is 18.9. The number of hydrazone groups is 1. The van der Waals surface area contributed by atoms with Crippen molar-refractivity contribution in [1.82, 2.24) is 10.3 Å². The Balaban J connectivity index is 1.20. The SMILES string of the molecule is CCCCCN1N=C(C(=O)NC[C@@H]2CCC3C(C)(C)C34CC24)CC1c1ccccc1. The van der Waals surface area contributed by atoms with Crippen LogP contribution in [0.25, 0.3) is 0 Å². The van der Waals surface area contributed by atoms with Gasteiger partial charge in [0.05, 0.1) is 6.04 Å². The Bertz CT molecular complexity index is 832. The van der Waals surface area contributed by atoms with Gasteiger partial charge in [-0.1, -0.05) is 63.9 Å². The molecule has 30 heavy (non-hydrogen) atoms. The van der Waals surface area contributed by atoms with Crippen LogP contribution in [0.1, 0.15) is 77.3 Å². The largest absolute Gasteiger partial charge is 0.351 e. The lowest BCUT2D eigenvalue weighted by molar-refractivity contribution is -0.115. The van der Waals surface area contributed by atoms with Crippen LogP contribution in [0.2, 0.25) is 0 Å². The maximum absolute atomic E-state index is 13.0. The van der Waals surface area contributed by atoms with Crippen LogP contribution < -0.4 is 5.32 Å². The van der Waals surface area contributed by atoms with Crippen molar-refractivity contribution in [3.05, 3.63) is 35.9 Å². The number of nitrogens with zero attached hydrogens (tertiary/aromatic N) is 2. The molecule has 4 unspecified atom stereocenters. The van der Waals surface area contributed by atoms with Gasteiger partial charge >= 0.3 is 0 Å². The van der Waals surface area contributed by atoms with Gasteiger partial charge in [0, 0.05) is 19.5 Å². The molecule has 1 aromatic carbocycles. The van der Waals surface area contributed by atoms with Gasteiger partial charge in [0.2, 0.25) is 0 Å². The van der Waals surface area contributed by atoms with E-state index in [1.54, 1.807) is 0 Å². The van der Waals surface area contributed by atoms with Gasteiger partial charge in [-0.25, -0.2) is 0 Å². The molecular formula is C26H37N3O. The second-order valence-electron chi connectivity index (χ2n) is 10.7. The minimum atomic E-state index is 0.0563. The molecule has 3 aliphatic carbocycles. The lowest BCUT2D eigenvalue weighted by atomic mass is 9.89. The Hall–Kier alpha value is -1.84. The lowest BCUT2D eigenvalue weighted by Crippen LogP contribution is -2.35. The summed E-state index contributed by atoms with van der Waals surface area (Å²) in [4.78, 5) is 13.0. The van der Waals surface area contributed by atoms with Crippen molar-refractivity contribution < 1.29 is 4.79 Å². The topological polar surface area (TPSA) is 44.7 Å². The van der Waals surface area contributed by atoms with Crippen molar-refractivity contribution >= 4 is 11.6 Å². The molecule has 0 bridgehead atoms. The number of amides is 1.